The summed E-state index contributed by atoms with van der Waals surface area (Å²) in [5.41, 5.74) is 7.37. The first-order chi connectivity index (χ1) is 9.16. The summed E-state index contributed by atoms with van der Waals surface area (Å²) in [4.78, 5) is 14.0. The number of nitrogens with zero attached hydrogens (tertiary/aromatic N) is 1. The number of rotatable bonds is 3. The normalized spacial score (nSPS) is 15.1. The summed E-state index contributed by atoms with van der Waals surface area (Å²) < 4.78 is 5.20. The molecule has 2 amide bonds. The minimum atomic E-state index is -0.0540. The molecule has 102 valence electrons. The van der Waals surface area contributed by atoms with Crippen molar-refractivity contribution in [1.82, 2.24) is 10.2 Å². The summed E-state index contributed by atoms with van der Waals surface area (Å²) in [7, 11) is 0. The Morgan fingerprint density at radius 1 is 1.32 bits per heavy atom. The van der Waals surface area contributed by atoms with Crippen molar-refractivity contribution in [3.8, 4) is 0 Å². The summed E-state index contributed by atoms with van der Waals surface area (Å²) in [6, 6.07) is 7.49. The first-order valence-corrected chi connectivity index (χ1v) is 6.57. The van der Waals surface area contributed by atoms with Crippen LogP contribution in [0.15, 0.2) is 24.3 Å². The van der Waals surface area contributed by atoms with E-state index in [2.05, 4.69) is 5.32 Å². The molecule has 1 aromatic rings. The van der Waals surface area contributed by atoms with Gasteiger partial charge in [0.25, 0.3) is 0 Å². The van der Waals surface area contributed by atoms with E-state index in [0.29, 0.717) is 37.8 Å². The Morgan fingerprint density at radius 3 is 2.53 bits per heavy atom. The van der Waals surface area contributed by atoms with Crippen LogP contribution in [0.4, 0.5) is 4.79 Å². The lowest BCUT2D eigenvalue weighted by atomic mass is 10.1. The molecule has 6 heteroatoms. The van der Waals surface area contributed by atoms with Gasteiger partial charge in [0.15, 0.2) is 0 Å². The molecule has 0 bridgehead atoms. The number of morpholine rings is 1. The highest BCUT2D eigenvalue weighted by molar-refractivity contribution is 7.80. The molecule has 1 fully saturated rings. The molecule has 0 aromatic heterocycles. The molecule has 0 spiro atoms. The Morgan fingerprint density at radius 2 is 1.95 bits per heavy atom. The molecule has 2 rings (SSSR count). The summed E-state index contributed by atoms with van der Waals surface area (Å²) >= 11 is 4.89. The van der Waals surface area contributed by atoms with E-state index in [-0.39, 0.29) is 6.03 Å². The third-order valence-electron chi connectivity index (χ3n) is 2.98. The summed E-state index contributed by atoms with van der Waals surface area (Å²) in [6.45, 7) is 3.00. The minimum absolute atomic E-state index is 0.0540. The number of thiocarbonyl (C=S) groups is 1. The van der Waals surface area contributed by atoms with Crippen LogP contribution in [-0.2, 0) is 11.3 Å². The molecule has 5 nitrogen and oxygen atoms in total. The zero-order valence-electron chi connectivity index (χ0n) is 10.6. The van der Waals surface area contributed by atoms with E-state index in [1.54, 1.807) is 4.90 Å². The van der Waals surface area contributed by atoms with Gasteiger partial charge in [-0.25, -0.2) is 4.79 Å². The maximum absolute atomic E-state index is 11.9. The first-order valence-electron chi connectivity index (χ1n) is 6.16. The highest BCUT2D eigenvalue weighted by Crippen LogP contribution is 2.05. The van der Waals surface area contributed by atoms with Crippen LogP contribution in [0.2, 0.25) is 0 Å². The Labute approximate surface area is 117 Å². The van der Waals surface area contributed by atoms with Gasteiger partial charge in [-0.2, -0.15) is 0 Å². The van der Waals surface area contributed by atoms with Gasteiger partial charge in [0.1, 0.15) is 4.99 Å². The minimum Gasteiger partial charge on any atom is -0.389 e. The Kier molecular flexibility index (Phi) is 4.70. The third kappa shape index (κ3) is 3.90. The number of carbonyl (C=O) groups excluding carboxylic acids is 1. The molecule has 0 radical (unpaired) electrons. The molecule has 0 saturated carbocycles. The van der Waals surface area contributed by atoms with Crippen LogP contribution in [0.5, 0.6) is 0 Å². The van der Waals surface area contributed by atoms with E-state index in [4.69, 9.17) is 22.7 Å². The van der Waals surface area contributed by atoms with Gasteiger partial charge in [-0.05, 0) is 5.56 Å². The van der Waals surface area contributed by atoms with Crippen LogP contribution in [0, 0.1) is 0 Å². The van der Waals surface area contributed by atoms with Gasteiger partial charge in [-0.3, -0.25) is 0 Å². The molecule has 19 heavy (non-hydrogen) atoms. The SMILES string of the molecule is NC(=S)c1ccc(CNC(=O)N2CCOCC2)cc1. The van der Waals surface area contributed by atoms with Crippen LogP contribution in [0.25, 0.3) is 0 Å². The Hall–Kier alpha value is -1.66. The largest absolute Gasteiger partial charge is 0.389 e. The zero-order chi connectivity index (χ0) is 13.7. The highest BCUT2D eigenvalue weighted by Gasteiger charge is 2.15. The van der Waals surface area contributed by atoms with Gasteiger partial charge in [0.05, 0.1) is 13.2 Å². The smallest absolute Gasteiger partial charge is 0.317 e. The van der Waals surface area contributed by atoms with E-state index in [0.717, 1.165) is 11.1 Å². The molecule has 1 aromatic carbocycles. The van der Waals surface area contributed by atoms with Crippen LogP contribution < -0.4 is 11.1 Å². The quantitative estimate of drug-likeness (QED) is 0.805. The highest BCUT2D eigenvalue weighted by atomic mass is 32.1. The van der Waals surface area contributed by atoms with Crippen molar-refractivity contribution in [2.45, 2.75) is 6.54 Å². The van der Waals surface area contributed by atoms with Crippen molar-refractivity contribution in [2.75, 3.05) is 26.3 Å². The number of urea groups is 1. The molecule has 1 heterocycles. The standard InChI is InChI=1S/C13H17N3O2S/c14-12(19)11-3-1-10(2-4-11)9-15-13(17)16-5-7-18-8-6-16/h1-4H,5-9H2,(H2,14,19)(H,15,17). The molecule has 1 saturated heterocycles. The van der Waals surface area contributed by atoms with Crippen LogP contribution in [0.3, 0.4) is 0 Å². The van der Waals surface area contributed by atoms with Crippen molar-refractivity contribution >= 4 is 23.2 Å². The number of benzene rings is 1. The predicted octanol–water partition coefficient (Wildman–Crippen LogP) is 0.863. The number of amides is 2. The fraction of sp³-hybridized carbons (Fsp3) is 0.385. The number of nitrogens with one attached hydrogen (secondary N) is 1. The van der Waals surface area contributed by atoms with Gasteiger partial charge >= 0.3 is 6.03 Å². The topological polar surface area (TPSA) is 67.6 Å². The molecule has 1 aliphatic rings. The second kappa shape index (κ2) is 6.49. The third-order valence-corrected chi connectivity index (χ3v) is 3.22. The Bertz CT molecular complexity index is 455. The molecular weight excluding hydrogens is 262 g/mol. The maximum atomic E-state index is 11.9. The molecule has 0 atom stereocenters. The van der Waals surface area contributed by atoms with Crippen molar-refractivity contribution < 1.29 is 9.53 Å². The predicted molar refractivity (Wildman–Crippen MR) is 77.0 cm³/mol. The van der Waals surface area contributed by atoms with E-state index in [1.165, 1.54) is 0 Å². The number of hydrogen-bond acceptors (Lipinski definition) is 3. The summed E-state index contributed by atoms with van der Waals surface area (Å²) in [5, 5.41) is 2.88. The average Bonchev–Trinajstić information content (AvgIpc) is 2.46. The summed E-state index contributed by atoms with van der Waals surface area (Å²) in [5.74, 6) is 0. The summed E-state index contributed by atoms with van der Waals surface area (Å²) in [6.07, 6.45) is 0. The second-order valence-electron chi connectivity index (χ2n) is 4.32. The van der Waals surface area contributed by atoms with Crippen LogP contribution >= 0.6 is 12.2 Å². The zero-order valence-corrected chi connectivity index (χ0v) is 11.4. The Balaban J connectivity index is 1.84. The molecule has 1 aliphatic heterocycles. The van der Waals surface area contributed by atoms with Crippen molar-refractivity contribution in [1.29, 1.82) is 0 Å². The molecular formula is C13H17N3O2S. The van der Waals surface area contributed by atoms with Gasteiger partial charge in [-0.1, -0.05) is 36.5 Å². The van der Waals surface area contributed by atoms with E-state index >= 15 is 0 Å². The van der Waals surface area contributed by atoms with Crippen molar-refractivity contribution in [2.24, 2.45) is 5.73 Å². The number of nitrogens with two attached hydrogens (primary N) is 1. The number of hydrogen-bond donors (Lipinski definition) is 2. The van der Waals surface area contributed by atoms with Crippen LogP contribution in [0.1, 0.15) is 11.1 Å². The molecule has 0 aliphatic carbocycles. The van der Waals surface area contributed by atoms with Crippen molar-refractivity contribution in [3.05, 3.63) is 35.4 Å². The second-order valence-corrected chi connectivity index (χ2v) is 4.76. The monoisotopic (exact) mass is 279 g/mol. The maximum Gasteiger partial charge on any atom is 0.317 e. The molecule has 3 N–H and O–H groups in total. The van der Waals surface area contributed by atoms with Gasteiger partial charge in [-0.15, -0.1) is 0 Å². The van der Waals surface area contributed by atoms with E-state index in [1.807, 2.05) is 24.3 Å². The lowest BCUT2D eigenvalue weighted by Gasteiger charge is -2.26. The number of ether oxygens (including phenoxy) is 1. The van der Waals surface area contributed by atoms with E-state index < -0.39 is 0 Å². The van der Waals surface area contributed by atoms with Gasteiger partial charge in [0, 0.05) is 25.2 Å². The van der Waals surface area contributed by atoms with Gasteiger partial charge in [0.2, 0.25) is 0 Å². The lowest BCUT2D eigenvalue weighted by molar-refractivity contribution is 0.0531. The van der Waals surface area contributed by atoms with Gasteiger partial charge < -0.3 is 20.7 Å². The first kappa shape index (κ1) is 13.8. The fourth-order valence-electron chi connectivity index (χ4n) is 1.84. The van der Waals surface area contributed by atoms with E-state index in [9.17, 15) is 4.79 Å². The van der Waals surface area contributed by atoms with Crippen LogP contribution in [-0.4, -0.2) is 42.2 Å². The van der Waals surface area contributed by atoms with Crippen molar-refractivity contribution in [3.63, 3.8) is 0 Å². The number of carbonyl (C=O) groups is 1. The average molecular weight is 279 g/mol. The lowest BCUT2D eigenvalue weighted by Crippen LogP contribution is -2.45. The fourth-order valence-corrected chi connectivity index (χ4v) is 1.98. The molecule has 0 unspecified atom stereocenters.